The Morgan fingerprint density at radius 3 is 2.83 bits per heavy atom. The summed E-state index contributed by atoms with van der Waals surface area (Å²) in [4.78, 5) is 39.7. The lowest BCUT2D eigenvalue weighted by atomic mass is 10.1. The van der Waals surface area contributed by atoms with Crippen LogP contribution in [-0.4, -0.2) is 67.7 Å². The van der Waals surface area contributed by atoms with E-state index in [-0.39, 0.29) is 17.9 Å². The Morgan fingerprint density at radius 1 is 1.14 bits per heavy atom. The standard InChI is InChI=1S/C32H34N8O2/c1-37(2)15-6-10-27(41)39-16-5-9-25(39)31-36-28(29-30(33)34-14-18-40(29)31)22-7-4-8-23(19-22)32(42)35-24-12-11-21-13-17-38(3)26(21)20-24/h4,6-8,10-14,17-20,25H,5,9,15-16H2,1-3H3,(H2,33,34)(H,35,42)/b10-6+/t25-/m0/s1. The molecule has 1 aliphatic heterocycles. The van der Waals surface area contributed by atoms with E-state index in [0.717, 1.165) is 35.1 Å². The number of likely N-dealkylation sites (N-methyl/N-ethyl adjacent to an activating group) is 1. The van der Waals surface area contributed by atoms with Gasteiger partial charge in [-0.3, -0.25) is 14.0 Å². The minimum Gasteiger partial charge on any atom is -0.382 e. The van der Waals surface area contributed by atoms with E-state index >= 15 is 0 Å². The maximum absolute atomic E-state index is 13.3. The van der Waals surface area contributed by atoms with Gasteiger partial charge in [0.15, 0.2) is 0 Å². The molecular formula is C32H34N8O2. The van der Waals surface area contributed by atoms with E-state index in [1.807, 2.05) is 101 Å². The SMILES string of the molecule is CN(C)C/C=C/C(=O)N1CCC[C@H]1c1nc(-c2cccc(C(=O)Nc3ccc4ccn(C)c4c3)c2)c2c(N)nccn12. The van der Waals surface area contributed by atoms with Crippen LogP contribution in [0, 0.1) is 0 Å². The van der Waals surface area contributed by atoms with Gasteiger partial charge in [0.2, 0.25) is 5.91 Å². The molecule has 1 saturated heterocycles. The Morgan fingerprint density at radius 2 is 2.00 bits per heavy atom. The van der Waals surface area contributed by atoms with Gasteiger partial charge in [0.25, 0.3) is 5.91 Å². The van der Waals surface area contributed by atoms with Gasteiger partial charge in [-0.2, -0.15) is 0 Å². The Kier molecular flexibility index (Phi) is 7.22. The smallest absolute Gasteiger partial charge is 0.255 e. The third-order valence-corrected chi connectivity index (χ3v) is 7.72. The summed E-state index contributed by atoms with van der Waals surface area (Å²) in [5.41, 5.74) is 10.7. The molecule has 0 saturated carbocycles. The van der Waals surface area contributed by atoms with Crippen LogP contribution in [0.3, 0.4) is 0 Å². The fourth-order valence-electron chi connectivity index (χ4n) is 5.63. The molecule has 2 aromatic carbocycles. The van der Waals surface area contributed by atoms with E-state index in [2.05, 4.69) is 10.3 Å². The second-order valence-electron chi connectivity index (χ2n) is 10.9. The second-order valence-corrected chi connectivity index (χ2v) is 10.9. The first-order valence-corrected chi connectivity index (χ1v) is 14.0. The van der Waals surface area contributed by atoms with Crippen molar-refractivity contribution in [3.8, 4) is 11.3 Å². The number of amides is 2. The normalized spacial score (nSPS) is 15.4. The number of nitrogens with two attached hydrogens (primary N) is 1. The third-order valence-electron chi connectivity index (χ3n) is 7.72. The molecule has 10 heteroatoms. The zero-order valence-electron chi connectivity index (χ0n) is 24.0. The number of nitrogens with zero attached hydrogens (tertiary/aromatic N) is 6. The first kappa shape index (κ1) is 27.2. The van der Waals surface area contributed by atoms with Gasteiger partial charge in [0.05, 0.1) is 6.04 Å². The Hall–Kier alpha value is -4.96. The number of carbonyl (C=O) groups excluding carboxylic acids is 2. The largest absolute Gasteiger partial charge is 0.382 e. The number of rotatable bonds is 7. The van der Waals surface area contributed by atoms with Crippen molar-refractivity contribution in [1.29, 1.82) is 0 Å². The molecule has 0 radical (unpaired) electrons. The van der Waals surface area contributed by atoms with Gasteiger partial charge >= 0.3 is 0 Å². The summed E-state index contributed by atoms with van der Waals surface area (Å²) in [5, 5.41) is 4.13. The maximum Gasteiger partial charge on any atom is 0.255 e. The molecule has 10 nitrogen and oxygen atoms in total. The van der Waals surface area contributed by atoms with Crippen LogP contribution in [-0.2, 0) is 11.8 Å². The average molecular weight is 563 g/mol. The topological polar surface area (TPSA) is 114 Å². The highest BCUT2D eigenvalue weighted by Gasteiger charge is 2.33. The molecule has 42 heavy (non-hydrogen) atoms. The first-order valence-electron chi connectivity index (χ1n) is 14.0. The molecule has 2 amide bonds. The number of anilines is 2. The van der Waals surface area contributed by atoms with E-state index in [9.17, 15) is 9.59 Å². The highest BCUT2D eigenvalue weighted by molar-refractivity contribution is 6.06. The Labute approximate surface area is 244 Å². The molecule has 3 aromatic heterocycles. The van der Waals surface area contributed by atoms with Crippen LogP contribution in [0.25, 0.3) is 27.7 Å². The van der Waals surface area contributed by atoms with Crippen LogP contribution >= 0.6 is 0 Å². The fourth-order valence-corrected chi connectivity index (χ4v) is 5.63. The number of benzene rings is 2. The van der Waals surface area contributed by atoms with Crippen LogP contribution in [0.15, 0.2) is 79.3 Å². The highest BCUT2D eigenvalue weighted by atomic mass is 16.2. The number of aryl methyl sites for hydroxylation is 1. The zero-order chi connectivity index (χ0) is 29.4. The van der Waals surface area contributed by atoms with Gasteiger partial charge in [0.1, 0.15) is 22.9 Å². The van der Waals surface area contributed by atoms with Crippen molar-refractivity contribution < 1.29 is 9.59 Å². The van der Waals surface area contributed by atoms with Gasteiger partial charge < -0.3 is 25.4 Å². The van der Waals surface area contributed by atoms with Gasteiger partial charge in [-0.05, 0) is 62.7 Å². The fraction of sp³-hybridized carbons (Fsp3) is 0.250. The van der Waals surface area contributed by atoms with E-state index < -0.39 is 0 Å². The van der Waals surface area contributed by atoms with E-state index in [1.54, 1.807) is 18.3 Å². The van der Waals surface area contributed by atoms with Crippen molar-refractivity contribution in [2.24, 2.45) is 7.05 Å². The Balaban J connectivity index is 1.33. The van der Waals surface area contributed by atoms with Crippen LogP contribution < -0.4 is 11.1 Å². The van der Waals surface area contributed by atoms with Crippen molar-refractivity contribution in [2.45, 2.75) is 18.9 Å². The average Bonchev–Trinajstić information content (AvgIpc) is 3.70. The maximum atomic E-state index is 13.3. The molecule has 1 atom stereocenters. The Bertz CT molecular complexity index is 1830. The summed E-state index contributed by atoms with van der Waals surface area (Å²) in [6, 6.07) is 15.0. The highest BCUT2D eigenvalue weighted by Crippen LogP contribution is 2.36. The molecule has 0 spiro atoms. The molecular weight excluding hydrogens is 528 g/mol. The molecule has 214 valence electrons. The van der Waals surface area contributed by atoms with E-state index in [0.29, 0.717) is 41.4 Å². The predicted molar refractivity (Wildman–Crippen MR) is 165 cm³/mol. The molecule has 3 N–H and O–H groups in total. The van der Waals surface area contributed by atoms with Crippen molar-refractivity contribution in [1.82, 2.24) is 28.7 Å². The number of likely N-dealkylation sites (tertiary alicyclic amines) is 1. The number of hydrogen-bond donors (Lipinski definition) is 2. The number of nitrogens with one attached hydrogen (secondary N) is 1. The first-order chi connectivity index (χ1) is 20.3. The van der Waals surface area contributed by atoms with E-state index in [4.69, 9.17) is 10.7 Å². The number of nitrogen functional groups attached to an aromatic ring is 1. The molecule has 0 aliphatic carbocycles. The number of fused-ring (bicyclic) bond motifs is 2. The van der Waals surface area contributed by atoms with Crippen LogP contribution in [0.5, 0.6) is 0 Å². The van der Waals surface area contributed by atoms with Crippen molar-refractivity contribution >= 4 is 39.7 Å². The second kappa shape index (κ2) is 11.1. The van der Waals surface area contributed by atoms with Gasteiger partial charge in [-0.25, -0.2) is 9.97 Å². The van der Waals surface area contributed by atoms with Gasteiger partial charge in [-0.1, -0.05) is 24.3 Å². The number of imidazole rings is 1. The minimum absolute atomic E-state index is 0.0353. The molecule has 6 rings (SSSR count). The van der Waals surface area contributed by atoms with Crippen LogP contribution in [0.1, 0.15) is 35.1 Å². The molecule has 4 heterocycles. The van der Waals surface area contributed by atoms with Crippen molar-refractivity contribution in [3.63, 3.8) is 0 Å². The number of hydrogen-bond acceptors (Lipinski definition) is 6. The number of carbonyl (C=O) groups is 2. The summed E-state index contributed by atoms with van der Waals surface area (Å²) < 4.78 is 3.95. The number of aromatic nitrogens is 4. The van der Waals surface area contributed by atoms with Gasteiger partial charge in [0, 0.05) is 67.1 Å². The monoisotopic (exact) mass is 562 g/mol. The van der Waals surface area contributed by atoms with Crippen molar-refractivity contribution in [2.75, 3.05) is 38.2 Å². The summed E-state index contributed by atoms with van der Waals surface area (Å²) in [6.45, 7) is 1.35. The summed E-state index contributed by atoms with van der Waals surface area (Å²) in [7, 11) is 5.91. The summed E-state index contributed by atoms with van der Waals surface area (Å²) >= 11 is 0. The molecule has 1 fully saturated rings. The van der Waals surface area contributed by atoms with E-state index in [1.165, 1.54) is 0 Å². The van der Waals surface area contributed by atoms with Crippen molar-refractivity contribution in [3.05, 3.63) is 90.7 Å². The molecule has 5 aromatic rings. The quantitative estimate of drug-likeness (QED) is 0.282. The molecule has 0 bridgehead atoms. The zero-order valence-corrected chi connectivity index (χ0v) is 24.0. The predicted octanol–water partition coefficient (Wildman–Crippen LogP) is 4.50. The van der Waals surface area contributed by atoms with Gasteiger partial charge in [-0.15, -0.1) is 0 Å². The summed E-state index contributed by atoms with van der Waals surface area (Å²) in [6.07, 6.45) is 10.7. The minimum atomic E-state index is -0.225. The van der Waals surface area contributed by atoms with Crippen LogP contribution in [0.2, 0.25) is 0 Å². The molecule has 1 aliphatic rings. The van der Waals surface area contributed by atoms with Crippen LogP contribution in [0.4, 0.5) is 11.5 Å². The summed E-state index contributed by atoms with van der Waals surface area (Å²) in [5.74, 6) is 0.801. The third kappa shape index (κ3) is 5.12. The lowest BCUT2D eigenvalue weighted by Gasteiger charge is -2.22. The molecule has 0 unspecified atom stereocenters. The lowest BCUT2D eigenvalue weighted by molar-refractivity contribution is -0.127. The lowest BCUT2D eigenvalue weighted by Crippen LogP contribution is -2.30.